The topological polar surface area (TPSA) is 87.8 Å². The van der Waals surface area contributed by atoms with Crippen molar-refractivity contribution in [2.45, 2.75) is 25.4 Å². The van der Waals surface area contributed by atoms with Gasteiger partial charge in [0.2, 0.25) is 0 Å². The van der Waals surface area contributed by atoms with Gasteiger partial charge in [-0.25, -0.2) is 0 Å². The second-order valence-corrected chi connectivity index (χ2v) is 8.46. The van der Waals surface area contributed by atoms with Crippen LogP contribution in [0.15, 0.2) is 30.5 Å². The highest BCUT2D eigenvalue weighted by Gasteiger charge is 2.50. The lowest BCUT2D eigenvalue weighted by atomic mass is 9.76. The van der Waals surface area contributed by atoms with E-state index < -0.39 is 5.41 Å². The summed E-state index contributed by atoms with van der Waals surface area (Å²) in [7, 11) is 5.56. The Morgan fingerprint density at radius 2 is 2.13 bits per heavy atom. The second kappa shape index (κ2) is 8.10. The van der Waals surface area contributed by atoms with Crippen LogP contribution in [-0.4, -0.2) is 78.8 Å². The van der Waals surface area contributed by atoms with Crippen LogP contribution in [0.25, 0.3) is 11.3 Å². The number of ether oxygens (including phenoxy) is 2. The van der Waals surface area contributed by atoms with Crippen LogP contribution in [0.2, 0.25) is 0 Å². The fourth-order valence-electron chi connectivity index (χ4n) is 4.51. The smallest absolute Gasteiger partial charge is 0.312 e. The maximum atomic E-state index is 13.2. The number of esters is 1. The summed E-state index contributed by atoms with van der Waals surface area (Å²) >= 11 is 0. The number of hydrogen-bond donors (Lipinski definition) is 1. The fourth-order valence-corrected chi connectivity index (χ4v) is 4.51. The molecular weight excluding hydrogens is 384 g/mol. The maximum Gasteiger partial charge on any atom is 0.312 e. The Morgan fingerprint density at radius 3 is 2.83 bits per heavy atom. The number of nitrogens with one attached hydrogen (secondary N) is 1. The molecule has 0 saturated carbocycles. The monoisotopic (exact) mass is 412 g/mol. The minimum absolute atomic E-state index is 0.0664. The molecule has 0 radical (unpaired) electrons. The molecule has 1 amide bonds. The third-order valence-electron chi connectivity index (χ3n) is 6.13. The van der Waals surface area contributed by atoms with Gasteiger partial charge in [0.25, 0.3) is 5.91 Å². The van der Waals surface area contributed by atoms with E-state index in [1.807, 2.05) is 48.2 Å². The number of cyclic esters (lactones) is 1. The Balaban J connectivity index is 1.46. The standard InChI is InChI=1S/C22H28N4O4/c1-25(2)14-17-12-22(21(28)30-17)7-9-26(10-8-22)20(27)18-13-23-24-19(18)15-5-4-6-16(11-15)29-3/h4-6,11,13,17H,7-10,12,14H2,1-3H3,(H,23,24). The zero-order valence-corrected chi connectivity index (χ0v) is 17.7. The molecule has 2 aliphatic heterocycles. The quantitative estimate of drug-likeness (QED) is 0.758. The highest BCUT2D eigenvalue weighted by Crippen LogP contribution is 2.43. The van der Waals surface area contributed by atoms with Crippen LogP contribution in [0, 0.1) is 5.41 Å². The number of rotatable bonds is 5. The Labute approximate surface area is 176 Å². The zero-order valence-electron chi connectivity index (χ0n) is 17.7. The normalized spacial score (nSPS) is 20.6. The van der Waals surface area contributed by atoms with E-state index in [-0.39, 0.29) is 18.0 Å². The molecule has 2 saturated heterocycles. The average molecular weight is 412 g/mol. The van der Waals surface area contributed by atoms with Crippen LogP contribution in [0.5, 0.6) is 5.75 Å². The number of hydrogen-bond acceptors (Lipinski definition) is 6. The van der Waals surface area contributed by atoms with Gasteiger partial charge in [-0.3, -0.25) is 14.7 Å². The van der Waals surface area contributed by atoms with Gasteiger partial charge >= 0.3 is 5.97 Å². The lowest BCUT2D eigenvalue weighted by Crippen LogP contribution is -2.45. The molecule has 2 aromatic rings. The largest absolute Gasteiger partial charge is 0.497 e. The number of carbonyl (C=O) groups is 2. The summed E-state index contributed by atoms with van der Waals surface area (Å²) in [5.74, 6) is 0.530. The lowest BCUT2D eigenvalue weighted by molar-refractivity contribution is -0.150. The number of likely N-dealkylation sites (N-methyl/N-ethyl adjacent to an activating group) is 1. The number of likely N-dealkylation sites (tertiary alicyclic amines) is 1. The number of aromatic amines is 1. The summed E-state index contributed by atoms with van der Waals surface area (Å²) in [6.45, 7) is 1.80. The summed E-state index contributed by atoms with van der Waals surface area (Å²) < 4.78 is 10.9. The van der Waals surface area contributed by atoms with E-state index in [4.69, 9.17) is 9.47 Å². The molecule has 0 aliphatic carbocycles. The molecule has 1 aromatic heterocycles. The number of aromatic nitrogens is 2. The van der Waals surface area contributed by atoms with Crippen LogP contribution in [0.1, 0.15) is 29.6 Å². The predicted octanol–water partition coefficient (Wildman–Crippen LogP) is 2.18. The van der Waals surface area contributed by atoms with Gasteiger partial charge in [-0.2, -0.15) is 5.10 Å². The first-order valence-electron chi connectivity index (χ1n) is 10.2. The molecule has 1 unspecified atom stereocenters. The van der Waals surface area contributed by atoms with Crippen molar-refractivity contribution in [1.82, 2.24) is 20.0 Å². The van der Waals surface area contributed by atoms with E-state index >= 15 is 0 Å². The molecule has 0 bridgehead atoms. The number of H-pyrrole nitrogens is 1. The van der Waals surface area contributed by atoms with Crippen molar-refractivity contribution in [2.75, 3.05) is 40.8 Å². The third-order valence-corrected chi connectivity index (χ3v) is 6.13. The summed E-state index contributed by atoms with van der Waals surface area (Å²) in [5, 5.41) is 7.04. The number of amides is 1. The van der Waals surface area contributed by atoms with Crippen molar-refractivity contribution in [2.24, 2.45) is 5.41 Å². The number of carbonyl (C=O) groups excluding carboxylic acids is 2. The van der Waals surface area contributed by atoms with Crippen LogP contribution >= 0.6 is 0 Å². The molecule has 3 heterocycles. The number of benzene rings is 1. The van der Waals surface area contributed by atoms with E-state index in [1.54, 1.807) is 13.3 Å². The summed E-state index contributed by atoms with van der Waals surface area (Å²) in [6, 6.07) is 7.52. The van der Waals surface area contributed by atoms with Gasteiger partial charge in [0, 0.05) is 31.6 Å². The van der Waals surface area contributed by atoms with Crippen molar-refractivity contribution in [3.8, 4) is 17.0 Å². The van der Waals surface area contributed by atoms with Gasteiger partial charge in [-0.15, -0.1) is 0 Å². The molecule has 4 rings (SSSR count). The highest BCUT2D eigenvalue weighted by atomic mass is 16.6. The molecule has 2 aliphatic rings. The fraction of sp³-hybridized carbons (Fsp3) is 0.500. The van der Waals surface area contributed by atoms with Gasteiger partial charge in [-0.1, -0.05) is 12.1 Å². The van der Waals surface area contributed by atoms with E-state index in [0.29, 0.717) is 42.9 Å². The van der Waals surface area contributed by atoms with Crippen molar-refractivity contribution in [3.05, 3.63) is 36.0 Å². The van der Waals surface area contributed by atoms with Crippen LogP contribution < -0.4 is 4.74 Å². The first kappa shape index (κ1) is 20.4. The van der Waals surface area contributed by atoms with E-state index in [9.17, 15) is 9.59 Å². The number of piperidine rings is 1. The van der Waals surface area contributed by atoms with Crippen LogP contribution in [-0.2, 0) is 9.53 Å². The van der Waals surface area contributed by atoms with Gasteiger partial charge in [0.15, 0.2) is 0 Å². The minimum Gasteiger partial charge on any atom is -0.497 e. The Hall–Kier alpha value is -2.87. The molecule has 8 heteroatoms. The Morgan fingerprint density at radius 1 is 1.37 bits per heavy atom. The summed E-state index contributed by atoms with van der Waals surface area (Å²) in [5.41, 5.74) is 1.59. The summed E-state index contributed by atoms with van der Waals surface area (Å²) in [6.07, 6.45) is 3.50. The molecule has 1 N–H and O–H groups in total. The third kappa shape index (κ3) is 3.79. The molecular formula is C22H28N4O4. The molecule has 30 heavy (non-hydrogen) atoms. The molecule has 8 nitrogen and oxygen atoms in total. The maximum absolute atomic E-state index is 13.2. The van der Waals surface area contributed by atoms with Gasteiger partial charge in [-0.05, 0) is 39.1 Å². The molecule has 1 spiro atoms. The first-order chi connectivity index (χ1) is 14.4. The van der Waals surface area contributed by atoms with E-state index in [2.05, 4.69) is 10.2 Å². The summed E-state index contributed by atoms with van der Waals surface area (Å²) in [4.78, 5) is 29.6. The lowest BCUT2D eigenvalue weighted by Gasteiger charge is -2.36. The average Bonchev–Trinajstić information content (AvgIpc) is 3.33. The number of methoxy groups -OCH3 is 1. The Bertz CT molecular complexity index is 931. The predicted molar refractivity (Wildman–Crippen MR) is 111 cm³/mol. The highest BCUT2D eigenvalue weighted by molar-refractivity contribution is 6.00. The molecule has 2 fully saturated rings. The van der Waals surface area contributed by atoms with Crippen LogP contribution in [0.3, 0.4) is 0 Å². The van der Waals surface area contributed by atoms with Gasteiger partial charge in [0.1, 0.15) is 11.9 Å². The minimum atomic E-state index is -0.455. The Kier molecular flexibility index (Phi) is 5.51. The van der Waals surface area contributed by atoms with E-state index in [1.165, 1.54) is 0 Å². The van der Waals surface area contributed by atoms with Crippen molar-refractivity contribution in [1.29, 1.82) is 0 Å². The molecule has 1 aromatic carbocycles. The van der Waals surface area contributed by atoms with Gasteiger partial charge in [0.05, 0.1) is 30.0 Å². The molecule has 1 atom stereocenters. The SMILES string of the molecule is COc1cccc(-c2[nH]ncc2C(=O)N2CCC3(CC2)CC(CN(C)C)OC3=O)c1. The molecule has 160 valence electrons. The zero-order chi connectivity index (χ0) is 21.3. The van der Waals surface area contributed by atoms with Crippen molar-refractivity contribution < 1.29 is 19.1 Å². The number of nitrogens with zero attached hydrogens (tertiary/aromatic N) is 3. The van der Waals surface area contributed by atoms with Gasteiger partial charge < -0.3 is 19.3 Å². The second-order valence-electron chi connectivity index (χ2n) is 8.46. The first-order valence-corrected chi connectivity index (χ1v) is 10.2. The van der Waals surface area contributed by atoms with Crippen molar-refractivity contribution in [3.63, 3.8) is 0 Å². The van der Waals surface area contributed by atoms with Crippen LogP contribution in [0.4, 0.5) is 0 Å². The van der Waals surface area contributed by atoms with Crippen molar-refractivity contribution >= 4 is 11.9 Å². The van der Waals surface area contributed by atoms with E-state index in [0.717, 1.165) is 18.5 Å².